The van der Waals surface area contributed by atoms with Crippen LogP contribution in [0.3, 0.4) is 0 Å². The summed E-state index contributed by atoms with van der Waals surface area (Å²) in [7, 11) is 10.6. The molecule has 0 saturated carbocycles. The van der Waals surface area contributed by atoms with Crippen LogP contribution < -0.4 is 21.3 Å². The second-order valence-corrected chi connectivity index (χ2v) is 27.7. The van der Waals surface area contributed by atoms with E-state index in [0.717, 1.165) is 43.8 Å². The van der Waals surface area contributed by atoms with Crippen LogP contribution in [0.15, 0.2) is 91.0 Å². The molecule has 5 N–H and O–H groups in total. The van der Waals surface area contributed by atoms with E-state index in [0.29, 0.717) is 29.8 Å². The SMILES string of the molecule is CC(C)C[C@H]1C(=O)N(C)[C@@H](CC(C)C)C(=O)N[C@@H]([C@@H](C)O)C(=O)N(C)[C@@H](C)C(=O)N[C@H](C(=O)N(C)[C@@H](Cc2ccccc2)C(=O)N(C)[C@@H](Cc2ccccc2)C(=O)N[C@@H](C)C(=O)N2CCCCC2)CC(=O)N(C)CC(=O)N(C)CC(=O)N(C)[C@@H](Cc2ccccc2)C(=O)N[C@@H](C)C(=O)N1C. The van der Waals surface area contributed by atoms with Gasteiger partial charge in [0.05, 0.1) is 25.6 Å². The van der Waals surface area contributed by atoms with E-state index in [1.807, 2.05) is 27.7 Å². The van der Waals surface area contributed by atoms with Crippen LogP contribution in [0.25, 0.3) is 0 Å². The lowest BCUT2D eigenvalue weighted by molar-refractivity contribution is -0.151. The molecule has 0 aromatic heterocycles. The van der Waals surface area contributed by atoms with Gasteiger partial charge in [0, 0.05) is 88.7 Å². The number of rotatable bonds is 18. The molecule has 100 heavy (non-hydrogen) atoms. The standard InChI is InChI=1S/C73H107N13O14/c1-45(2)37-55-67(94)77-63(50(8)87)73(100)80(11)49(7)64(91)76-54(70(97)85(16)59(41-53-33-25-19-26-34-53)72(99)83(14)57(40-52-31-23-18-24-32-52)66(93)75-48(6)69(96)86-35-27-20-28-36-86)42-60(88)78(9)43-61(89)79(10)44-62(90)81(12)56(39-51-29-21-17-22-30-51)65(92)74-47(5)68(95)84(15)58(38-46(3)4)71(98)82(55)13/h17-19,21-26,29-34,45-50,54-59,63,87H,20,27-28,35-44H2,1-16H3,(H,74,92)(H,75,93)(H,76,91)(H,77,94)/t47-,48-,49-,50+,54-,55-,56-,57-,58-,59-,63-/m0/s1. The Morgan fingerprint density at radius 3 is 1.54 bits per heavy atom. The summed E-state index contributed by atoms with van der Waals surface area (Å²) in [6.45, 7) is 12.6. The van der Waals surface area contributed by atoms with Gasteiger partial charge in [-0.05, 0) is 88.3 Å². The lowest BCUT2D eigenvalue weighted by Gasteiger charge is -2.38. The third kappa shape index (κ3) is 22.4. The molecule has 2 saturated heterocycles. The van der Waals surface area contributed by atoms with Crippen LogP contribution in [0.2, 0.25) is 0 Å². The summed E-state index contributed by atoms with van der Waals surface area (Å²) < 4.78 is 0. The molecular formula is C73H107N13O14. The summed E-state index contributed by atoms with van der Waals surface area (Å²) >= 11 is 0. The second kappa shape index (κ2) is 37.8. The van der Waals surface area contributed by atoms with Crippen molar-refractivity contribution < 1.29 is 67.4 Å². The lowest BCUT2D eigenvalue weighted by atomic mass is 9.97. The fourth-order valence-corrected chi connectivity index (χ4v) is 12.3. The van der Waals surface area contributed by atoms with Crippen LogP contribution in [0.5, 0.6) is 0 Å². The maximum absolute atomic E-state index is 15.6. The highest BCUT2D eigenvalue weighted by atomic mass is 16.3. The third-order valence-corrected chi connectivity index (χ3v) is 18.9. The first-order chi connectivity index (χ1) is 47.1. The Hall–Kier alpha value is -9.27. The molecule has 0 spiro atoms. The van der Waals surface area contributed by atoms with Gasteiger partial charge in [-0.15, -0.1) is 0 Å². The molecule has 2 fully saturated rings. The fraction of sp³-hybridized carbons (Fsp3) is 0.575. The summed E-state index contributed by atoms with van der Waals surface area (Å²) in [4.78, 5) is 201. The number of likely N-dealkylation sites (tertiary alicyclic amines) is 1. The second-order valence-electron chi connectivity index (χ2n) is 27.7. The van der Waals surface area contributed by atoms with E-state index >= 15 is 9.59 Å². The highest BCUT2D eigenvalue weighted by Crippen LogP contribution is 2.23. The van der Waals surface area contributed by atoms with E-state index in [4.69, 9.17) is 0 Å². The van der Waals surface area contributed by atoms with Gasteiger partial charge in [0.15, 0.2) is 0 Å². The van der Waals surface area contributed by atoms with Crippen molar-refractivity contribution >= 4 is 76.8 Å². The largest absolute Gasteiger partial charge is 0.391 e. The first kappa shape index (κ1) is 81.4. The van der Waals surface area contributed by atoms with Crippen LogP contribution in [0, 0.1) is 11.8 Å². The number of amides is 13. The van der Waals surface area contributed by atoms with Crippen molar-refractivity contribution in [1.82, 2.24) is 65.4 Å². The number of hydrogen-bond acceptors (Lipinski definition) is 14. The number of likely N-dealkylation sites (N-methyl/N-ethyl adjacent to an activating group) is 8. The van der Waals surface area contributed by atoms with Gasteiger partial charge in [0.25, 0.3) is 0 Å². The van der Waals surface area contributed by atoms with E-state index < -0.39 is 157 Å². The molecule has 0 bridgehead atoms. The summed E-state index contributed by atoms with van der Waals surface area (Å²) in [5.41, 5.74) is 1.89. The average molecular weight is 1390 g/mol. The molecule has 27 nitrogen and oxygen atoms in total. The Kier molecular flexibility index (Phi) is 30.8. The first-order valence-electron chi connectivity index (χ1n) is 34.4. The molecule has 5 rings (SSSR count). The van der Waals surface area contributed by atoms with Gasteiger partial charge >= 0.3 is 0 Å². The van der Waals surface area contributed by atoms with Gasteiger partial charge in [0.1, 0.15) is 60.4 Å². The zero-order valence-corrected chi connectivity index (χ0v) is 61.1. The van der Waals surface area contributed by atoms with E-state index in [2.05, 4.69) is 21.3 Å². The number of aliphatic hydroxyl groups is 1. The predicted octanol–water partition coefficient (Wildman–Crippen LogP) is 1.48. The maximum Gasteiger partial charge on any atom is 0.248 e. The highest BCUT2D eigenvalue weighted by Gasteiger charge is 2.43. The topological polar surface area (TPSA) is 319 Å². The van der Waals surface area contributed by atoms with E-state index in [1.54, 1.807) is 103 Å². The number of carbonyl (C=O) groups excluding carboxylic acids is 13. The Morgan fingerprint density at radius 2 is 1.01 bits per heavy atom. The van der Waals surface area contributed by atoms with Gasteiger partial charge in [-0.3, -0.25) is 62.3 Å². The van der Waals surface area contributed by atoms with E-state index in [9.17, 15) is 57.8 Å². The molecule has 3 aromatic carbocycles. The first-order valence-corrected chi connectivity index (χ1v) is 34.4. The molecule has 3 aromatic rings. The van der Waals surface area contributed by atoms with Gasteiger partial charge < -0.3 is 70.5 Å². The van der Waals surface area contributed by atoms with Gasteiger partial charge in [-0.25, -0.2) is 0 Å². The average Bonchev–Trinajstić information content (AvgIpc) is 0.818. The quantitative estimate of drug-likeness (QED) is 0.121. The molecule has 11 atom stereocenters. The summed E-state index contributed by atoms with van der Waals surface area (Å²) in [5, 5.41) is 22.1. The molecule has 0 unspecified atom stereocenters. The van der Waals surface area contributed by atoms with Gasteiger partial charge in [0.2, 0.25) is 76.8 Å². The molecule has 0 aliphatic carbocycles. The minimum Gasteiger partial charge on any atom is -0.391 e. The molecule has 2 heterocycles. The van der Waals surface area contributed by atoms with Crippen molar-refractivity contribution in [2.75, 3.05) is 82.6 Å². The fourth-order valence-electron chi connectivity index (χ4n) is 12.3. The molecule has 27 heteroatoms. The van der Waals surface area contributed by atoms with Crippen molar-refractivity contribution in [2.24, 2.45) is 11.8 Å². The van der Waals surface area contributed by atoms with Gasteiger partial charge in [-0.2, -0.15) is 0 Å². The number of carbonyl (C=O) groups is 13. The zero-order valence-electron chi connectivity index (χ0n) is 61.1. The van der Waals surface area contributed by atoms with Crippen molar-refractivity contribution in [1.29, 1.82) is 0 Å². The lowest BCUT2D eigenvalue weighted by Crippen LogP contribution is -2.62. The Morgan fingerprint density at radius 1 is 0.530 bits per heavy atom. The Bertz CT molecular complexity index is 3330. The number of nitrogens with one attached hydrogen (secondary N) is 4. The van der Waals surface area contributed by atoms with E-state index in [-0.39, 0.29) is 49.8 Å². The zero-order chi connectivity index (χ0) is 74.6. The summed E-state index contributed by atoms with van der Waals surface area (Å²) in [5.74, 6) is -10.4. The number of benzene rings is 3. The Labute approximate surface area is 589 Å². The monoisotopic (exact) mass is 1390 g/mol. The van der Waals surface area contributed by atoms with Gasteiger partial charge in [-0.1, -0.05) is 119 Å². The summed E-state index contributed by atoms with van der Waals surface area (Å²) in [6, 6.07) is 12.5. The minimum atomic E-state index is -1.86. The van der Waals surface area contributed by atoms with Crippen molar-refractivity contribution in [3.8, 4) is 0 Å². The van der Waals surface area contributed by atoms with Crippen LogP contribution >= 0.6 is 0 Å². The number of aliphatic hydroxyl groups excluding tert-OH is 1. The van der Waals surface area contributed by atoms with E-state index in [1.165, 1.54) is 91.9 Å². The molecule has 548 valence electrons. The maximum atomic E-state index is 15.6. The molecular weight excluding hydrogens is 1280 g/mol. The molecule has 2 aliphatic heterocycles. The van der Waals surface area contributed by atoms with Crippen LogP contribution in [0.4, 0.5) is 0 Å². The molecule has 0 radical (unpaired) electrons. The van der Waals surface area contributed by atoms with Crippen LogP contribution in [-0.4, -0.2) is 275 Å². The third-order valence-electron chi connectivity index (χ3n) is 18.9. The van der Waals surface area contributed by atoms with Crippen LogP contribution in [0.1, 0.15) is 111 Å². The van der Waals surface area contributed by atoms with Crippen molar-refractivity contribution in [2.45, 2.75) is 180 Å². The Balaban J connectivity index is 1.60. The molecule has 2 aliphatic rings. The van der Waals surface area contributed by atoms with Crippen molar-refractivity contribution in [3.05, 3.63) is 108 Å². The summed E-state index contributed by atoms with van der Waals surface area (Å²) in [6.07, 6.45) is 0.0668. The number of piperidine rings is 1. The predicted molar refractivity (Wildman–Crippen MR) is 375 cm³/mol. The number of nitrogens with zero attached hydrogens (tertiary/aromatic N) is 9. The van der Waals surface area contributed by atoms with Crippen LogP contribution in [-0.2, 0) is 81.6 Å². The van der Waals surface area contributed by atoms with Crippen molar-refractivity contribution in [3.63, 3.8) is 0 Å². The number of hydrogen-bond donors (Lipinski definition) is 5. The minimum absolute atomic E-state index is 0.0162. The highest BCUT2D eigenvalue weighted by molar-refractivity contribution is 6.00. The normalized spacial score (nSPS) is 22.7. The smallest absolute Gasteiger partial charge is 0.248 e. The molecule has 13 amide bonds.